The number of carbonyl (C=O) groups excluding carboxylic acids is 1. The number of hydrogen-bond donors (Lipinski definition) is 2. The van der Waals surface area contributed by atoms with Crippen molar-refractivity contribution in [3.05, 3.63) is 22.4 Å². The first-order valence-electron chi connectivity index (χ1n) is 7.97. The minimum absolute atomic E-state index is 0.0252. The average molecular weight is 306 g/mol. The molecule has 2 aliphatic carbocycles. The van der Waals surface area contributed by atoms with Gasteiger partial charge in [0.1, 0.15) is 0 Å². The van der Waals surface area contributed by atoms with Crippen LogP contribution >= 0.6 is 11.3 Å². The summed E-state index contributed by atoms with van der Waals surface area (Å²) >= 11 is 1.66. The van der Waals surface area contributed by atoms with Crippen LogP contribution < -0.4 is 10.6 Å². The van der Waals surface area contributed by atoms with Gasteiger partial charge in [-0.2, -0.15) is 11.3 Å². The Morgan fingerprint density at radius 1 is 1.43 bits per heavy atom. The van der Waals surface area contributed by atoms with Gasteiger partial charge in [-0.15, -0.1) is 0 Å². The summed E-state index contributed by atoms with van der Waals surface area (Å²) in [7, 11) is 0. The molecule has 114 valence electrons. The molecule has 4 nitrogen and oxygen atoms in total. The Kier molecular flexibility index (Phi) is 3.42. The molecule has 0 radical (unpaired) electrons. The lowest BCUT2D eigenvalue weighted by Gasteiger charge is -2.56. The Morgan fingerprint density at radius 2 is 2.29 bits per heavy atom. The number of amides is 2. The van der Waals surface area contributed by atoms with E-state index in [4.69, 9.17) is 4.74 Å². The third kappa shape index (κ3) is 2.18. The van der Waals surface area contributed by atoms with Gasteiger partial charge in [-0.3, -0.25) is 0 Å². The Hall–Kier alpha value is -1.07. The summed E-state index contributed by atoms with van der Waals surface area (Å²) in [5.41, 5.74) is 1.40. The van der Waals surface area contributed by atoms with Crippen LogP contribution in [-0.4, -0.2) is 24.8 Å². The van der Waals surface area contributed by atoms with E-state index < -0.39 is 0 Å². The first-order valence-corrected chi connectivity index (χ1v) is 8.91. The molecule has 3 atom stereocenters. The molecule has 2 heterocycles. The van der Waals surface area contributed by atoms with E-state index in [0.717, 1.165) is 13.0 Å². The highest BCUT2D eigenvalue weighted by molar-refractivity contribution is 7.07. The number of carbonyl (C=O) groups is 1. The fourth-order valence-electron chi connectivity index (χ4n) is 4.67. The lowest BCUT2D eigenvalue weighted by Crippen LogP contribution is -2.69. The molecular formula is C16H22N2O2S. The maximum atomic E-state index is 12.2. The van der Waals surface area contributed by atoms with Crippen LogP contribution in [0.25, 0.3) is 0 Å². The number of fused-ring (bicyclic) bond motifs is 2. The zero-order chi connectivity index (χ0) is 14.3. The normalized spacial score (nSPS) is 32.7. The molecule has 0 bridgehead atoms. The van der Waals surface area contributed by atoms with E-state index in [2.05, 4.69) is 16.0 Å². The lowest BCUT2D eigenvalue weighted by atomic mass is 9.54. The Balaban J connectivity index is 1.38. The number of hydrogen-bond acceptors (Lipinski definition) is 3. The molecule has 21 heavy (non-hydrogen) atoms. The van der Waals surface area contributed by atoms with Crippen LogP contribution in [0.4, 0.5) is 4.79 Å². The van der Waals surface area contributed by atoms with Crippen molar-refractivity contribution in [3.8, 4) is 0 Å². The van der Waals surface area contributed by atoms with Crippen LogP contribution in [0.2, 0.25) is 0 Å². The second-order valence-corrected chi connectivity index (χ2v) is 7.40. The molecule has 4 rings (SSSR count). The zero-order valence-electron chi connectivity index (χ0n) is 12.1. The second-order valence-electron chi connectivity index (χ2n) is 6.62. The van der Waals surface area contributed by atoms with Crippen LogP contribution in [0, 0.1) is 11.3 Å². The molecule has 2 saturated carbocycles. The van der Waals surface area contributed by atoms with Gasteiger partial charge in [0.05, 0.1) is 6.10 Å². The highest BCUT2D eigenvalue weighted by Crippen LogP contribution is 2.60. The van der Waals surface area contributed by atoms with Gasteiger partial charge < -0.3 is 15.4 Å². The molecule has 3 aliphatic rings. The van der Waals surface area contributed by atoms with Gasteiger partial charge in [-0.25, -0.2) is 4.79 Å². The minimum Gasteiger partial charge on any atom is -0.377 e. The first-order chi connectivity index (χ1) is 10.3. The van der Waals surface area contributed by atoms with E-state index in [0.29, 0.717) is 24.6 Å². The molecule has 2 N–H and O–H groups in total. The van der Waals surface area contributed by atoms with Crippen LogP contribution in [0.5, 0.6) is 0 Å². The van der Waals surface area contributed by atoms with Crippen molar-refractivity contribution < 1.29 is 9.53 Å². The second kappa shape index (κ2) is 5.29. The SMILES string of the molecule is O=C(NCc1ccsc1)N[C@@H]1[C@H]2CCO[C@H]2C12CCCC2. The Morgan fingerprint density at radius 3 is 3.05 bits per heavy atom. The number of rotatable bonds is 3. The highest BCUT2D eigenvalue weighted by atomic mass is 32.1. The predicted molar refractivity (Wildman–Crippen MR) is 82.2 cm³/mol. The van der Waals surface area contributed by atoms with Crippen molar-refractivity contribution in [2.24, 2.45) is 11.3 Å². The van der Waals surface area contributed by atoms with Crippen molar-refractivity contribution in [1.29, 1.82) is 0 Å². The number of ether oxygens (including phenoxy) is 1. The Labute approximate surface area is 129 Å². The van der Waals surface area contributed by atoms with E-state index >= 15 is 0 Å². The van der Waals surface area contributed by atoms with E-state index in [1.165, 1.54) is 31.2 Å². The summed E-state index contributed by atoms with van der Waals surface area (Å²) in [5.74, 6) is 0.537. The minimum atomic E-state index is -0.0252. The predicted octanol–water partition coefficient (Wildman–Crippen LogP) is 2.90. The molecule has 0 unspecified atom stereocenters. The Bertz CT molecular complexity index is 510. The first kappa shape index (κ1) is 13.6. The molecule has 1 aromatic heterocycles. The largest absolute Gasteiger partial charge is 0.377 e. The summed E-state index contributed by atoms with van der Waals surface area (Å²) in [6.45, 7) is 1.48. The van der Waals surface area contributed by atoms with Crippen molar-refractivity contribution in [3.63, 3.8) is 0 Å². The van der Waals surface area contributed by atoms with Crippen LogP contribution in [0.15, 0.2) is 16.8 Å². The monoisotopic (exact) mass is 306 g/mol. The third-order valence-electron chi connectivity index (χ3n) is 5.61. The topological polar surface area (TPSA) is 50.4 Å². The van der Waals surface area contributed by atoms with E-state index in [9.17, 15) is 4.79 Å². The smallest absolute Gasteiger partial charge is 0.315 e. The molecule has 0 aromatic carbocycles. The standard InChI is InChI=1S/C16H22N2O2S/c19-15(17-9-11-4-8-21-10-11)18-13-12-3-7-20-14(12)16(13)5-1-2-6-16/h4,8,10,12-14H,1-3,5-7,9H2,(H2,17,18,19)/t12-,13-,14-/m1/s1. The number of urea groups is 1. The van der Waals surface area contributed by atoms with Gasteiger partial charge >= 0.3 is 6.03 Å². The summed E-state index contributed by atoms with van der Waals surface area (Å²) < 4.78 is 5.95. The summed E-state index contributed by atoms with van der Waals surface area (Å²) in [6.07, 6.45) is 6.49. The molecule has 1 saturated heterocycles. The highest BCUT2D eigenvalue weighted by Gasteiger charge is 2.65. The summed E-state index contributed by atoms with van der Waals surface area (Å²) in [6, 6.07) is 2.34. The number of nitrogens with one attached hydrogen (secondary N) is 2. The third-order valence-corrected chi connectivity index (χ3v) is 6.34. The fraction of sp³-hybridized carbons (Fsp3) is 0.688. The van der Waals surface area contributed by atoms with Gasteiger partial charge in [-0.05, 0) is 41.7 Å². The maximum absolute atomic E-state index is 12.2. The summed E-state index contributed by atoms with van der Waals surface area (Å²) in [5, 5.41) is 10.4. The molecule has 3 fully saturated rings. The molecule has 2 amide bonds. The average Bonchev–Trinajstić information content (AvgIpc) is 3.22. The van der Waals surface area contributed by atoms with Gasteiger partial charge in [0.15, 0.2) is 0 Å². The van der Waals surface area contributed by atoms with Gasteiger partial charge in [0.25, 0.3) is 0 Å². The lowest BCUT2D eigenvalue weighted by molar-refractivity contribution is -0.126. The molecular weight excluding hydrogens is 284 g/mol. The molecule has 1 aromatic rings. The summed E-state index contributed by atoms with van der Waals surface area (Å²) in [4.78, 5) is 12.2. The van der Waals surface area contributed by atoms with Crippen LogP contribution in [0.3, 0.4) is 0 Å². The quantitative estimate of drug-likeness (QED) is 0.902. The van der Waals surface area contributed by atoms with Crippen molar-refractivity contribution in [1.82, 2.24) is 10.6 Å². The van der Waals surface area contributed by atoms with E-state index in [1.807, 2.05) is 11.4 Å². The van der Waals surface area contributed by atoms with Gasteiger partial charge in [0, 0.05) is 30.5 Å². The zero-order valence-corrected chi connectivity index (χ0v) is 13.0. The number of thiophene rings is 1. The van der Waals surface area contributed by atoms with Gasteiger partial charge in [-0.1, -0.05) is 12.8 Å². The fourth-order valence-corrected chi connectivity index (χ4v) is 5.34. The van der Waals surface area contributed by atoms with Crippen molar-refractivity contribution in [2.75, 3.05) is 6.61 Å². The molecule has 5 heteroatoms. The maximum Gasteiger partial charge on any atom is 0.315 e. The van der Waals surface area contributed by atoms with Crippen LogP contribution in [0.1, 0.15) is 37.7 Å². The molecule has 1 aliphatic heterocycles. The van der Waals surface area contributed by atoms with Gasteiger partial charge in [0.2, 0.25) is 0 Å². The van der Waals surface area contributed by atoms with Crippen molar-refractivity contribution >= 4 is 17.4 Å². The van der Waals surface area contributed by atoms with Crippen molar-refractivity contribution in [2.45, 2.75) is 50.8 Å². The van der Waals surface area contributed by atoms with Crippen LogP contribution in [-0.2, 0) is 11.3 Å². The van der Waals surface area contributed by atoms with E-state index in [-0.39, 0.29) is 11.4 Å². The molecule has 1 spiro atoms. The van der Waals surface area contributed by atoms with E-state index in [1.54, 1.807) is 11.3 Å².